The van der Waals surface area contributed by atoms with Crippen LogP contribution in [0.1, 0.15) is 137 Å². The van der Waals surface area contributed by atoms with Crippen LogP contribution < -0.4 is 37.2 Å². The van der Waals surface area contributed by atoms with Gasteiger partial charge in [0.1, 0.15) is 60.4 Å². The molecule has 1 unspecified atom stereocenters. The van der Waals surface area contributed by atoms with Crippen molar-refractivity contribution < 1.29 is 67.4 Å². The number of nitrogens with one attached hydrogen (secondary N) is 7. The number of likely N-dealkylation sites (tertiary alicyclic amines) is 1. The van der Waals surface area contributed by atoms with Crippen molar-refractivity contribution in [2.45, 2.75) is 212 Å². The lowest BCUT2D eigenvalue weighted by atomic mass is 9.96. The Bertz CT molecular complexity index is 3740. The molecule has 4 aromatic rings. The second-order valence-electron chi connectivity index (χ2n) is 30.7. The fourth-order valence-electron chi connectivity index (χ4n) is 13.3. The van der Waals surface area contributed by atoms with Crippen molar-refractivity contribution in [2.24, 2.45) is 23.7 Å². The van der Waals surface area contributed by atoms with E-state index in [4.69, 9.17) is 0 Å². The van der Waals surface area contributed by atoms with Gasteiger partial charge in [0.2, 0.25) is 70.9 Å². The lowest BCUT2D eigenvalue weighted by molar-refractivity contribution is -0.150. The summed E-state index contributed by atoms with van der Waals surface area (Å²) >= 11 is 0.937. The van der Waals surface area contributed by atoms with Crippen LogP contribution in [0.2, 0.25) is 0 Å². The molecule has 12 atom stereocenters. The van der Waals surface area contributed by atoms with Crippen LogP contribution in [0, 0.1) is 23.7 Å². The van der Waals surface area contributed by atoms with Crippen LogP contribution in [-0.4, -0.2) is 245 Å². The molecule has 608 valence electrons. The van der Waals surface area contributed by atoms with Crippen LogP contribution in [0.5, 0.6) is 0 Å². The maximum Gasteiger partial charge on any atom is 0.248 e. The highest BCUT2D eigenvalue weighted by atomic mass is 32.2. The van der Waals surface area contributed by atoms with Gasteiger partial charge in [-0.3, -0.25) is 62.3 Å². The number of nitrogens with zero attached hydrogens (tertiary/aromatic N) is 6. The molecule has 1 heterocycles. The summed E-state index contributed by atoms with van der Waals surface area (Å²) in [5.74, 6) is -9.39. The van der Waals surface area contributed by atoms with Crippen molar-refractivity contribution in [3.05, 3.63) is 144 Å². The number of aliphatic hydroxyl groups is 1. The van der Waals surface area contributed by atoms with E-state index in [1.165, 1.54) is 61.8 Å². The summed E-state index contributed by atoms with van der Waals surface area (Å²) in [5.41, 5.74) is 2.71. The van der Waals surface area contributed by atoms with E-state index in [2.05, 4.69) is 37.2 Å². The van der Waals surface area contributed by atoms with Gasteiger partial charge >= 0.3 is 0 Å². The molecule has 0 bridgehead atoms. The van der Waals surface area contributed by atoms with Gasteiger partial charge in [-0.2, -0.15) is 0 Å². The summed E-state index contributed by atoms with van der Waals surface area (Å²) in [6.45, 7) is 19.2. The van der Waals surface area contributed by atoms with Gasteiger partial charge in [-0.05, 0) is 106 Å². The predicted molar refractivity (Wildman–Crippen MR) is 428 cm³/mol. The average molecular weight is 1560 g/mol. The number of rotatable bonds is 41. The average Bonchev–Trinajstić information content (AvgIpc) is 0.820. The number of hydrogen-bond donors (Lipinski definition) is 8. The summed E-state index contributed by atoms with van der Waals surface area (Å²) in [6, 6.07) is 21.9. The van der Waals surface area contributed by atoms with Gasteiger partial charge in [-0.15, -0.1) is 0 Å². The van der Waals surface area contributed by atoms with Gasteiger partial charge in [-0.25, -0.2) is 0 Å². The summed E-state index contributed by atoms with van der Waals surface area (Å²) in [5, 5.41) is 30.3. The number of aliphatic hydroxyl groups excluding tert-OH is 1. The third-order valence-electron chi connectivity index (χ3n) is 20.2. The number of thioether (sulfide) groups is 1. The van der Waals surface area contributed by atoms with Gasteiger partial charge in [0.15, 0.2) is 5.12 Å². The van der Waals surface area contributed by atoms with Gasteiger partial charge in [0.25, 0.3) is 0 Å². The summed E-state index contributed by atoms with van der Waals surface area (Å²) < 4.78 is 0. The standard InChI is InChI=1S/C83H121N13O14S/c1-51(2)43-64(93(15)82(109)70(53(5)6)89-73(100)55(9)84-12)77(104)90-71(57(11)97)83(110)94(16)65(46-59-35-25-19-26-36-59)75(102)85-49-68(98)91(13)67(44-52(3)4)81(108)95(17)72(54(7)8)78(105)87-62(45-58-33-23-18-24-34-58)74(101)88-63(48-69(99)111-50-61-39-29-21-30-40-61)80(107)92(14)66(47-60-37-27-20-28-38-60)76(103)86-56(10)79(106)96-41-31-22-32-42-96/h18-21,23-30,33-40,51-57,62-67,70-72,84,97H,22,31-32,41-50H2,1-17H3,(H,85,102)(H,86,103)(H,87,105)(H,88,101)(H,89,100)(H,90,104)/t55-,56-,57+,62-,63-,64-,65-,66?,67-,70-,71-,72-/m0/s1. The SMILES string of the molecule is CN[C@@H](C)C(=O)N[C@H](C(=O)N(C)[C@@H](CC(C)C)C(=O)N[C@H](C(=O)N(C)[C@@H](Cc1ccccc1)C(=O)NCC(=O)N(C)[C@@H](CC(C)C)C(=O)N(C)[C@H](C(=O)N[C@@H](Cc1ccccc1)C(=O)N[C@@H](CC(=O)SCc1ccccc1)C(=O)N(C)C(Cc1ccccc1)C(=O)N[C@@H](C)C(=O)N1CCCCC1)C(C)C)[C@@H](C)O)C(C)C. The van der Waals surface area contributed by atoms with Crippen LogP contribution in [0.4, 0.5) is 0 Å². The molecule has 0 aromatic heterocycles. The highest BCUT2D eigenvalue weighted by Crippen LogP contribution is 2.24. The minimum Gasteiger partial charge on any atom is -0.391 e. The van der Waals surface area contributed by atoms with Crippen molar-refractivity contribution in [3.63, 3.8) is 0 Å². The van der Waals surface area contributed by atoms with Crippen LogP contribution in [0.25, 0.3) is 0 Å². The third kappa shape index (κ3) is 28.0. The molecule has 12 amide bonds. The van der Waals surface area contributed by atoms with E-state index < -0.39 is 167 Å². The highest BCUT2D eigenvalue weighted by Gasteiger charge is 2.43. The Balaban J connectivity index is 1.41. The van der Waals surface area contributed by atoms with Crippen LogP contribution >= 0.6 is 11.8 Å². The molecular formula is C83H121N13O14S. The zero-order valence-electron chi connectivity index (χ0n) is 67.8. The van der Waals surface area contributed by atoms with E-state index in [0.29, 0.717) is 29.8 Å². The normalized spacial score (nSPS) is 15.5. The molecule has 4 aromatic carbocycles. The van der Waals surface area contributed by atoms with E-state index >= 15 is 19.2 Å². The van der Waals surface area contributed by atoms with Crippen LogP contribution in [0.3, 0.4) is 0 Å². The molecule has 1 saturated heterocycles. The fourth-order valence-corrected chi connectivity index (χ4v) is 14.1. The van der Waals surface area contributed by atoms with Gasteiger partial charge < -0.3 is 71.7 Å². The maximum absolute atomic E-state index is 15.3. The molecule has 0 spiro atoms. The molecule has 1 aliphatic rings. The molecule has 1 aliphatic heterocycles. The van der Waals surface area contributed by atoms with E-state index in [1.54, 1.807) is 144 Å². The lowest BCUT2D eigenvalue weighted by Gasteiger charge is -2.37. The molecule has 1 fully saturated rings. The molecule has 8 N–H and O–H groups in total. The lowest BCUT2D eigenvalue weighted by Crippen LogP contribution is -2.62. The number of carbonyl (C=O) groups excluding carboxylic acids is 13. The zero-order valence-corrected chi connectivity index (χ0v) is 68.6. The molecule has 111 heavy (non-hydrogen) atoms. The van der Waals surface area contributed by atoms with Crippen molar-refractivity contribution in [1.82, 2.24) is 66.6 Å². The Morgan fingerprint density at radius 3 is 1.35 bits per heavy atom. The van der Waals surface area contributed by atoms with Gasteiger partial charge in [0, 0.05) is 79.8 Å². The first-order valence-corrected chi connectivity index (χ1v) is 39.5. The monoisotopic (exact) mass is 1560 g/mol. The first kappa shape index (κ1) is 92.1. The predicted octanol–water partition coefficient (Wildman–Crippen LogP) is 4.67. The zero-order chi connectivity index (χ0) is 82.5. The minimum absolute atomic E-state index is 0.00597. The topological polar surface area (TPSA) is 346 Å². The Hall–Kier alpha value is -9.54. The Kier molecular flexibility index (Phi) is 37.4. The first-order chi connectivity index (χ1) is 52.5. The quantitative estimate of drug-likeness (QED) is 0.0299. The summed E-state index contributed by atoms with van der Waals surface area (Å²) in [4.78, 5) is 197. The van der Waals surface area contributed by atoms with Gasteiger partial charge in [0.05, 0.1) is 18.7 Å². The number of hydrogen-bond acceptors (Lipinski definition) is 16. The highest BCUT2D eigenvalue weighted by molar-refractivity contribution is 8.12. The number of amides is 12. The second-order valence-corrected chi connectivity index (χ2v) is 31.7. The Labute approximate surface area is 660 Å². The van der Waals surface area contributed by atoms with E-state index in [1.807, 2.05) is 58.0 Å². The molecule has 0 saturated carbocycles. The Morgan fingerprint density at radius 1 is 0.423 bits per heavy atom. The van der Waals surface area contributed by atoms with Gasteiger partial charge in [-0.1, -0.05) is 188 Å². The number of benzene rings is 4. The van der Waals surface area contributed by atoms with Crippen molar-refractivity contribution in [3.8, 4) is 0 Å². The number of piperidine rings is 1. The molecule has 28 heteroatoms. The summed E-state index contributed by atoms with van der Waals surface area (Å²) in [7, 11) is 8.56. The molecule has 27 nitrogen and oxygen atoms in total. The first-order valence-electron chi connectivity index (χ1n) is 38.5. The van der Waals surface area contributed by atoms with E-state index in [-0.39, 0.29) is 55.6 Å². The second kappa shape index (κ2) is 45.1. The number of likely N-dealkylation sites (N-methyl/N-ethyl adjacent to an activating group) is 6. The van der Waals surface area contributed by atoms with Crippen molar-refractivity contribution >= 4 is 87.8 Å². The van der Waals surface area contributed by atoms with E-state index in [9.17, 15) is 48.3 Å². The fraction of sp³-hybridized carbons (Fsp3) is 0.554. The molecule has 0 radical (unpaired) electrons. The molecular weight excluding hydrogens is 1440 g/mol. The van der Waals surface area contributed by atoms with Crippen LogP contribution in [0.15, 0.2) is 121 Å². The smallest absolute Gasteiger partial charge is 0.248 e. The van der Waals surface area contributed by atoms with Crippen LogP contribution in [-0.2, 0) is 87.3 Å². The number of carbonyl (C=O) groups is 13. The summed E-state index contributed by atoms with van der Waals surface area (Å²) in [6.07, 6.45) is 0.531. The third-order valence-corrected chi connectivity index (χ3v) is 21.1. The molecule has 5 rings (SSSR count). The maximum atomic E-state index is 15.3. The van der Waals surface area contributed by atoms with Crippen molar-refractivity contribution in [1.29, 1.82) is 0 Å². The Morgan fingerprint density at radius 2 is 0.865 bits per heavy atom. The molecule has 0 aliphatic carbocycles. The minimum atomic E-state index is -1.66. The van der Waals surface area contributed by atoms with Crippen molar-refractivity contribution in [2.75, 3.05) is 61.9 Å². The largest absolute Gasteiger partial charge is 0.391 e. The van der Waals surface area contributed by atoms with E-state index in [0.717, 1.165) is 41.5 Å².